The SMILES string of the molecule is Cc1cc(O)c(C(c2ccccc2)c2ccccc2)c(=O)[nH]1. The zero-order valence-corrected chi connectivity index (χ0v) is 12.3. The average Bonchev–Trinajstić information content (AvgIpc) is 2.52. The van der Waals surface area contributed by atoms with E-state index >= 15 is 0 Å². The molecular formula is C19H17NO2. The number of aromatic nitrogens is 1. The van der Waals surface area contributed by atoms with Gasteiger partial charge in [-0.3, -0.25) is 4.79 Å². The lowest BCUT2D eigenvalue weighted by Crippen LogP contribution is -2.19. The molecule has 0 aliphatic rings. The fourth-order valence-corrected chi connectivity index (χ4v) is 2.78. The summed E-state index contributed by atoms with van der Waals surface area (Å²) in [6.07, 6.45) is 0. The van der Waals surface area contributed by atoms with Gasteiger partial charge in [0.25, 0.3) is 5.56 Å². The maximum absolute atomic E-state index is 12.4. The lowest BCUT2D eigenvalue weighted by Gasteiger charge is -2.19. The number of hydrogen-bond donors (Lipinski definition) is 2. The van der Waals surface area contributed by atoms with Crippen molar-refractivity contribution in [3.05, 3.63) is 99.5 Å². The van der Waals surface area contributed by atoms with Crippen molar-refractivity contribution in [1.29, 1.82) is 0 Å². The Morgan fingerprint density at radius 1 is 0.909 bits per heavy atom. The minimum absolute atomic E-state index is 0.0268. The summed E-state index contributed by atoms with van der Waals surface area (Å²) in [5.74, 6) is -0.272. The van der Waals surface area contributed by atoms with Gasteiger partial charge < -0.3 is 10.1 Å². The molecule has 0 saturated heterocycles. The van der Waals surface area contributed by atoms with Crippen molar-refractivity contribution in [2.45, 2.75) is 12.8 Å². The van der Waals surface area contributed by atoms with Crippen molar-refractivity contribution in [2.75, 3.05) is 0 Å². The van der Waals surface area contributed by atoms with Gasteiger partial charge in [0.2, 0.25) is 0 Å². The number of benzene rings is 2. The van der Waals surface area contributed by atoms with Crippen molar-refractivity contribution in [3.8, 4) is 5.75 Å². The Morgan fingerprint density at radius 2 is 1.41 bits per heavy atom. The van der Waals surface area contributed by atoms with Gasteiger partial charge in [-0.25, -0.2) is 0 Å². The molecule has 0 bridgehead atoms. The first-order valence-corrected chi connectivity index (χ1v) is 7.19. The fourth-order valence-electron chi connectivity index (χ4n) is 2.78. The molecule has 3 aromatic rings. The normalized spacial score (nSPS) is 10.8. The van der Waals surface area contributed by atoms with Crippen molar-refractivity contribution in [3.63, 3.8) is 0 Å². The summed E-state index contributed by atoms with van der Waals surface area (Å²) >= 11 is 0. The van der Waals surface area contributed by atoms with E-state index in [0.29, 0.717) is 11.3 Å². The Labute approximate surface area is 128 Å². The van der Waals surface area contributed by atoms with E-state index in [2.05, 4.69) is 4.98 Å². The number of hydrogen-bond acceptors (Lipinski definition) is 2. The highest BCUT2D eigenvalue weighted by Crippen LogP contribution is 2.34. The molecule has 0 amide bonds. The van der Waals surface area contributed by atoms with Crippen LogP contribution in [0, 0.1) is 6.92 Å². The molecular weight excluding hydrogens is 274 g/mol. The van der Waals surface area contributed by atoms with Gasteiger partial charge in [-0.15, -0.1) is 0 Å². The quantitative estimate of drug-likeness (QED) is 0.775. The molecule has 0 saturated carbocycles. The van der Waals surface area contributed by atoms with Crippen LogP contribution in [0.4, 0.5) is 0 Å². The second-order valence-corrected chi connectivity index (χ2v) is 5.33. The minimum atomic E-state index is -0.299. The van der Waals surface area contributed by atoms with Crippen LogP contribution in [-0.2, 0) is 0 Å². The molecule has 22 heavy (non-hydrogen) atoms. The van der Waals surface area contributed by atoms with Gasteiger partial charge >= 0.3 is 0 Å². The molecule has 0 aliphatic carbocycles. The maximum atomic E-state index is 12.4. The second kappa shape index (κ2) is 5.90. The Kier molecular flexibility index (Phi) is 3.79. The molecule has 3 rings (SSSR count). The van der Waals surface area contributed by atoms with Crippen molar-refractivity contribution >= 4 is 0 Å². The van der Waals surface area contributed by atoms with Crippen LogP contribution in [0.3, 0.4) is 0 Å². The molecule has 0 spiro atoms. The summed E-state index contributed by atoms with van der Waals surface area (Å²) in [6, 6.07) is 21.1. The fraction of sp³-hybridized carbons (Fsp3) is 0.105. The molecule has 1 aromatic heterocycles. The summed E-state index contributed by atoms with van der Waals surface area (Å²) in [7, 11) is 0. The Balaban J connectivity index is 2.26. The van der Waals surface area contributed by atoms with Crippen LogP contribution in [-0.4, -0.2) is 10.1 Å². The summed E-state index contributed by atoms with van der Waals surface area (Å²) in [5, 5.41) is 10.3. The van der Waals surface area contributed by atoms with Crippen LogP contribution in [0.25, 0.3) is 0 Å². The number of aromatic hydroxyl groups is 1. The van der Waals surface area contributed by atoms with Crippen LogP contribution in [0.5, 0.6) is 5.75 Å². The van der Waals surface area contributed by atoms with Gasteiger partial charge in [0.15, 0.2) is 0 Å². The van der Waals surface area contributed by atoms with E-state index in [1.165, 1.54) is 0 Å². The van der Waals surface area contributed by atoms with Crippen molar-refractivity contribution in [1.82, 2.24) is 4.98 Å². The standard InChI is InChI=1S/C19H17NO2/c1-13-12-16(21)18(19(22)20-13)17(14-8-4-2-5-9-14)15-10-6-3-7-11-15/h2-12,17H,1H3,(H2,20,21,22). The van der Waals surface area contributed by atoms with E-state index < -0.39 is 0 Å². The number of aryl methyl sites for hydroxylation is 1. The van der Waals surface area contributed by atoms with Gasteiger partial charge in [-0.2, -0.15) is 0 Å². The van der Waals surface area contributed by atoms with E-state index in [-0.39, 0.29) is 17.2 Å². The third kappa shape index (κ3) is 2.66. The number of aromatic amines is 1. The molecule has 1 heterocycles. The highest BCUT2D eigenvalue weighted by atomic mass is 16.3. The highest BCUT2D eigenvalue weighted by Gasteiger charge is 2.23. The largest absolute Gasteiger partial charge is 0.507 e. The third-order valence-corrected chi connectivity index (χ3v) is 3.74. The Bertz CT molecular complexity index is 784. The topological polar surface area (TPSA) is 53.1 Å². The van der Waals surface area contributed by atoms with Crippen LogP contribution in [0.15, 0.2) is 71.5 Å². The van der Waals surface area contributed by atoms with E-state index in [4.69, 9.17) is 0 Å². The molecule has 0 radical (unpaired) electrons. The first kappa shape index (κ1) is 14.1. The monoisotopic (exact) mass is 291 g/mol. The van der Waals surface area contributed by atoms with Gasteiger partial charge in [0.05, 0.1) is 5.56 Å². The second-order valence-electron chi connectivity index (χ2n) is 5.33. The lowest BCUT2D eigenvalue weighted by molar-refractivity contribution is 0.464. The van der Waals surface area contributed by atoms with E-state index in [1.54, 1.807) is 13.0 Å². The number of nitrogens with one attached hydrogen (secondary N) is 1. The highest BCUT2D eigenvalue weighted by molar-refractivity contribution is 5.47. The lowest BCUT2D eigenvalue weighted by atomic mass is 9.85. The van der Waals surface area contributed by atoms with E-state index in [1.807, 2.05) is 60.7 Å². The molecule has 3 heteroatoms. The molecule has 2 aromatic carbocycles. The molecule has 2 N–H and O–H groups in total. The minimum Gasteiger partial charge on any atom is -0.507 e. The predicted octanol–water partition coefficient (Wildman–Crippen LogP) is 3.57. The van der Waals surface area contributed by atoms with Crippen LogP contribution in [0.1, 0.15) is 28.3 Å². The smallest absolute Gasteiger partial charge is 0.256 e. The first-order valence-electron chi connectivity index (χ1n) is 7.19. The number of rotatable bonds is 3. The van der Waals surface area contributed by atoms with Gasteiger partial charge in [-0.05, 0) is 24.1 Å². The predicted molar refractivity (Wildman–Crippen MR) is 87.3 cm³/mol. The number of H-pyrrole nitrogens is 1. The number of pyridine rings is 1. The Hall–Kier alpha value is -2.81. The van der Waals surface area contributed by atoms with Gasteiger partial charge in [0, 0.05) is 11.6 Å². The molecule has 0 aliphatic heterocycles. The van der Waals surface area contributed by atoms with Crippen LogP contribution < -0.4 is 5.56 Å². The summed E-state index contributed by atoms with van der Waals surface area (Å²) in [5.41, 5.74) is 2.71. The van der Waals surface area contributed by atoms with Gasteiger partial charge in [0.1, 0.15) is 5.75 Å². The maximum Gasteiger partial charge on any atom is 0.256 e. The molecule has 0 atom stereocenters. The van der Waals surface area contributed by atoms with Crippen molar-refractivity contribution < 1.29 is 5.11 Å². The summed E-state index contributed by atoms with van der Waals surface area (Å²) in [4.78, 5) is 15.2. The van der Waals surface area contributed by atoms with Crippen LogP contribution in [0.2, 0.25) is 0 Å². The van der Waals surface area contributed by atoms with Crippen LogP contribution >= 0.6 is 0 Å². The summed E-state index contributed by atoms with van der Waals surface area (Å²) < 4.78 is 0. The van der Waals surface area contributed by atoms with Gasteiger partial charge in [-0.1, -0.05) is 60.7 Å². The molecule has 0 unspecified atom stereocenters. The van der Waals surface area contributed by atoms with E-state index in [9.17, 15) is 9.90 Å². The summed E-state index contributed by atoms with van der Waals surface area (Å²) in [6.45, 7) is 1.75. The molecule has 0 fully saturated rings. The Morgan fingerprint density at radius 3 is 1.86 bits per heavy atom. The molecule has 3 nitrogen and oxygen atoms in total. The average molecular weight is 291 g/mol. The molecule has 110 valence electrons. The van der Waals surface area contributed by atoms with E-state index in [0.717, 1.165) is 11.1 Å². The first-order chi connectivity index (χ1) is 10.7. The zero-order chi connectivity index (χ0) is 15.5. The third-order valence-electron chi connectivity index (χ3n) is 3.74. The zero-order valence-electron chi connectivity index (χ0n) is 12.3. The van der Waals surface area contributed by atoms with Crippen molar-refractivity contribution in [2.24, 2.45) is 0 Å².